The van der Waals surface area contributed by atoms with E-state index < -0.39 is 0 Å². The van der Waals surface area contributed by atoms with Crippen LogP contribution in [0.1, 0.15) is 19.2 Å². The van der Waals surface area contributed by atoms with Crippen LogP contribution in [0.15, 0.2) is 30.5 Å². The van der Waals surface area contributed by atoms with Crippen LogP contribution in [0.5, 0.6) is 0 Å². The molecule has 1 aromatic carbocycles. The third-order valence-electron chi connectivity index (χ3n) is 3.39. The summed E-state index contributed by atoms with van der Waals surface area (Å²) in [6.45, 7) is 3.39. The number of hydrogen-bond acceptors (Lipinski definition) is 1. The van der Waals surface area contributed by atoms with Gasteiger partial charge in [-0.05, 0) is 24.5 Å². The van der Waals surface area contributed by atoms with Gasteiger partial charge in [0.25, 0.3) is 0 Å². The highest BCUT2D eigenvalue weighted by Crippen LogP contribution is 2.25. The molecule has 0 unspecified atom stereocenters. The van der Waals surface area contributed by atoms with Gasteiger partial charge in [0, 0.05) is 29.7 Å². The first kappa shape index (κ1) is 10.8. The Balaban J connectivity index is 1.97. The van der Waals surface area contributed by atoms with Crippen LogP contribution in [0, 0.1) is 5.92 Å². The van der Waals surface area contributed by atoms with Crippen LogP contribution in [0.25, 0.3) is 11.3 Å². The summed E-state index contributed by atoms with van der Waals surface area (Å²) in [5, 5.41) is 0.770. The van der Waals surface area contributed by atoms with Crippen LogP contribution in [-0.4, -0.2) is 9.55 Å². The van der Waals surface area contributed by atoms with E-state index in [1.54, 1.807) is 0 Å². The number of rotatable bonds is 1. The molecule has 0 amide bonds. The summed E-state index contributed by atoms with van der Waals surface area (Å²) >= 11 is 5.89. The largest absolute Gasteiger partial charge is 0.334 e. The van der Waals surface area contributed by atoms with Crippen LogP contribution in [0.4, 0.5) is 0 Å². The molecule has 0 saturated carbocycles. The van der Waals surface area contributed by atoms with E-state index in [0.717, 1.165) is 35.2 Å². The van der Waals surface area contributed by atoms with Crippen LogP contribution in [0.2, 0.25) is 5.02 Å². The maximum atomic E-state index is 5.89. The van der Waals surface area contributed by atoms with Crippen LogP contribution < -0.4 is 0 Å². The Labute approximate surface area is 106 Å². The fraction of sp³-hybridized carbons (Fsp3) is 0.357. The zero-order valence-electron chi connectivity index (χ0n) is 9.86. The summed E-state index contributed by atoms with van der Waals surface area (Å²) in [6, 6.07) is 7.88. The van der Waals surface area contributed by atoms with E-state index in [0.29, 0.717) is 0 Å². The molecule has 1 atom stereocenters. The topological polar surface area (TPSA) is 17.8 Å². The average Bonchev–Trinajstić information content (AvgIpc) is 2.72. The lowest BCUT2D eigenvalue weighted by Gasteiger charge is -2.18. The number of hydrogen-bond donors (Lipinski definition) is 0. The van der Waals surface area contributed by atoms with Crippen molar-refractivity contribution in [1.29, 1.82) is 0 Å². The Bertz CT molecular complexity index is 528. The predicted octanol–water partition coefficient (Wildman–Crippen LogP) is 3.79. The standard InChI is InChI=1S/C14H15ClN2/c1-10-6-7-17-9-13(16-14(17)8-10)11-2-4-12(15)5-3-11/h2-5,9-10H,6-8H2,1H3/t10-/m0/s1. The predicted molar refractivity (Wildman–Crippen MR) is 70.2 cm³/mol. The normalized spacial score (nSPS) is 19.1. The molecule has 17 heavy (non-hydrogen) atoms. The summed E-state index contributed by atoms with van der Waals surface area (Å²) in [5.74, 6) is 1.97. The minimum atomic E-state index is 0.753. The Morgan fingerprint density at radius 2 is 2.06 bits per heavy atom. The summed E-state index contributed by atoms with van der Waals surface area (Å²) in [4.78, 5) is 4.72. The Kier molecular flexibility index (Phi) is 2.67. The number of aryl methyl sites for hydroxylation is 1. The quantitative estimate of drug-likeness (QED) is 0.749. The molecule has 88 valence electrons. The van der Waals surface area contributed by atoms with Crippen molar-refractivity contribution in [2.45, 2.75) is 26.3 Å². The van der Waals surface area contributed by atoms with Crippen molar-refractivity contribution in [2.75, 3.05) is 0 Å². The molecule has 0 saturated heterocycles. The van der Waals surface area contributed by atoms with Crippen molar-refractivity contribution in [3.63, 3.8) is 0 Å². The molecule has 1 aliphatic heterocycles. The number of imidazole rings is 1. The number of aromatic nitrogens is 2. The highest BCUT2D eigenvalue weighted by atomic mass is 35.5. The first-order valence-corrected chi connectivity index (χ1v) is 6.42. The van der Waals surface area contributed by atoms with Crippen molar-refractivity contribution in [3.05, 3.63) is 41.3 Å². The molecule has 2 aromatic rings. The summed E-state index contributed by atoms with van der Waals surface area (Å²) in [7, 11) is 0. The van der Waals surface area contributed by atoms with Crippen molar-refractivity contribution >= 4 is 11.6 Å². The van der Waals surface area contributed by atoms with Gasteiger partial charge in [-0.2, -0.15) is 0 Å². The third-order valence-corrected chi connectivity index (χ3v) is 3.64. The van der Waals surface area contributed by atoms with E-state index in [1.165, 1.54) is 12.2 Å². The molecule has 0 radical (unpaired) electrons. The Morgan fingerprint density at radius 3 is 2.82 bits per heavy atom. The first-order chi connectivity index (χ1) is 8.22. The smallest absolute Gasteiger partial charge is 0.109 e. The zero-order valence-corrected chi connectivity index (χ0v) is 10.6. The van der Waals surface area contributed by atoms with Gasteiger partial charge in [-0.25, -0.2) is 4.98 Å². The summed E-state index contributed by atoms with van der Waals surface area (Å²) in [5.41, 5.74) is 2.20. The van der Waals surface area contributed by atoms with Crippen molar-refractivity contribution < 1.29 is 0 Å². The SMILES string of the molecule is C[C@H]1CCn2cc(-c3ccc(Cl)cc3)nc2C1. The van der Waals surface area contributed by atoms with Gasteiger partial charge in [0.2, 0.25) is 0 Å². The molecule has 0 spiro atoms. The Morgan fingerprint density at radius 1 is 1.29 bits per heavy atom. The van der Waals surface area contributed by atoms with E-state index in [4.69, 9.17) is 16.6 Å². The lowest BCUT2D eigenvalue weighted by atomic mass is 10.0. The molecule has 0 aliphatic carbocycles. The van der Waals surface area contributed by atoms with E-state index >= 15 is 0 Å². The Hall–Kier alpha value is -1.28. The summed E-state index contributed by atoms with van der Waals surface area (Å²) in [6.07, 6.45) is 4.50. The molecule has 3 rings (SSSR count). The zero-order chi connectivity index (χ0) is 11.8. The van der Waals surface area contributed by atoms with Crippen molar-refractivity contribution in [3.8, 4) is 11.3 Å². The first-order valence-electron chi connectivity index (χ1n) is 6.04. The molecular weight excluding hydrogens is 232 g/mol. The fourth-order valence-electron chi connectivity index (χ4n) is 2.34. The lowest BCUT2D eigenvalue weighted by molar-refractivity contribution is 0.409. The minimum absolute atomic E-state index is 0.753. The van der Waals surface area contributed by atoms with Gasteiger partial charge >= 0.3 is 0 Å². The average molecular weight is 247 g/mol. The minimum Gasteiger partial charge on any atom is -0.334 e. The molecule has 2 nitrogen and oxygen atoms in total. The molecule has 0 N–H and O–H groups in total. The fourth-order valence-corrected chi connectivity index (χ4v) is 2.47. The summed E-state index contributed by atoms with van der Waals surface area (Å²) < 4.78 is 2.28. The second-order valence-electron chi connectivity index (χ2n) is 4.84. The van der Waals surface area contributed by atoms with Crippen LogP contribution in [0.3, 0.4) is 0 Å². The molecule has 3 heteroatoms. The number of fused-ring (bicyclic) bond motifs is 1. The van der Waals surface area contributed by atoms with Gasteiger partial charge in [0.05, 0.1) is 5.69 Å². The molecule has 1 aromatic heterocycles. The van der Waals surface area contributed by atoms with Gasteiger partial charge in [-0.1, -0.05) is 30.7 Å². The van der Waals surface area contributed by atoms with E-state index in [-0.39, 0.29) is 0 Å². The van der Waals surface area contributed by atoms with E-state index in [1.807, 2.05) is 24.3 Å². The third kappa shape index (κ3) is 2.09. The molecule has 0 bridgehead atoms. The second-order valence-corrected chi connectivity index (χ2v) is 5.28. The number of benzene rings is 1. The van der Waals surface area contributed by atoms with Crippen molar-refractivity contribution in [1.82, 2.24) is 9.55 Å². The monoisotopic (exact) mass is 246 g/mol. The number of halogens is 1. The van der Waals surface area contributed by atoms with Gasteiger partial charge in [0.15, 0.2) is 0 Å². The van der Waals surface area contributed by atoms with E-state index in [9.17, 15) is 0 Å². The molecule has 0 fully saturated rings. The van der Waals surface area contributed by atoms with Gasteiger partial charge in [-0.15, -0.1) is 0 Å². The van der Waals surface area contributed by atoms with Crippen LogP contribution in [-0.2, 0) is 13.0 Å². The molecular formula is C14H15ClN2. The number of nitrogens with zero attached hydrogens (tertiary/aromatic N) is 2. The van der Waals surface area contributed by atoms with Gasteiger partial charge in [0.1, 0.15) is 5.82 Å². The maximum Gasteiger partial charge on any atom is 0.109 e. The second kappa shape index (κ2) is 4.19. The highest BCUT2D eigenvalue weighted by molar-refractivity contribution is 6.30. The maximum absolute atomic E-state index is 5.89. The van der Waals surface area contributed by atoms with Gasteiger partial charge in [-0.3, -0.25) is 0 Å². The molecule has 1 aliphatic rings. The lowest BCUT2D eigenvalue weighted by Crippen LogP contribution is -2.16. The van der Waals surface area contributed by atoms with Crippen molar-refractivity contribution in [2.24, 2.45) is 5.92 Å². The highest BCUT2D eigenvalue weighted by Gasteiger charge is 2.17. The van der Waals surface area contributed by atoms with E-state index in [2.05, 4.69) is 17.7 Å². The van der Waals surface area contributed by atoms with Gasteiger partial charge < -0.3 is 4.57 Å². The van der Waals surface area contributed by atoms with Crippen LogP contribution >= 0.6 is 11.6 Å². The molecule has 2 heterocycles.